The number of likely N-dealkylation sites (tertiary alicyclic amines) is 1. The maximum Gasteiger partial charge on any atom is 0.318 e. The van der Waals surface area contributed by atoms with Crippen molar-refractivity contribution in [3.63, 3.8) is 0 Å². The van der Waals surface area contributed by atoms with Crippen LogP contribution in [-0.4, -0.2) is 49.6 Å². The summed E-state index contributed by atoms with van der Waals surface area (Å²) in [6, 6.07) is 3.88. The molecule has 30 heavy (non-hydrogen) atoms. The predicted molar refractivity (Wildman–Crippen MR) is 113 cm³/mol. The van der Waals surface area contributed by atoms with Crippen molar-refractivity contribution in [2.75, 3.05) is 26.9 Å². The van der Waals surface area contributed by atoms with Crippen molar-refractivity contribution >= 4 is 29.1 Å². The summed E-state index contributed by atoms with van der Waals surface area (Å²) in [6.45, 7) is 3.41. The third-order valence-electron chi connectivity index (χ3n) is 5.82. The van der Waals surface area contributed by atoms with Gasteiger partial charge in [-0.15, -0.1) is 11.3 Å². The van der Waals surface area contributed by atoms with Gasteiger partial charge in [-0.1, -0.05) is 12.1 Å². The maximum atomic E-state index is 13.4. The Balaban J connectivity index is 1.84. The summed E-state index contributed by atoms with van der Waals surface area (Å²) in [5, 5.41) is 4.85. The molecule has 1 aromatic rings. The summed E-state index contributed by atoms with van der Waals surface area (Å²) in [7, 11) is 1.62. The van der Waals surface area contributed by atoms with Gasteiger partial charge in [0, 0.05) is 37.3 Å². The van der Waals surface area contributed by atoms with Crippen molar-refractivity contribution in [2.45, 2.75) is 45.6 Å². The number of hydrogen-bond acceptors (Lipinski definition) is 6. The van der Waals surface area contributed by atoms with Crippen molar-refractivity contribution in [3.8, 4) is 0 Å². The largest absolute Gasteiger partial charge is 0.465 e. The van der Waals surface area contributed by atoms with E-state index in [1.165, 1.54) is 0 Å². The lowest BCUT2D eigenvalue weighted by atomic mass is 9.68. The van der Waals surface area contributed by atoms with E-state index in [2.05, 4.69) is 5.32 Å². The van der Waals surface area contributed by atoms with Crippen LogP contribution in [0, 0.1) is 11.3 Å². The highest BCUT2D eigenvalue weighted by atomic mass is 32.1. The minimum absolute atomic E-state index is 0.0266. The predicted octanol–water partition coefficient (Wildman–Crippen LogP) is 2.87. The summed E-state index contributed by atoms with van der Waals surface area (Å²) in [6.07, 6.45) is 4.73. The highest BCUT2D eigenvalue weighted by Gasteiger charge is 2.61. The first kappa shape index (κ1) is 22.5. The van der Waals surface area contributed by atoms with E-state index in [4.69, 9.17) is 9.47 Å². The number of methoxy groups -OCH3 is 1. The zero-order chi connectivity index (χ0) is 21.6. The summed E-state index contributed by atoms with van der Waals surface area (Å²) < 4.78 is 10.6. The molecule has 164 valence electrons. The average molecular weight is 435 g/mol. The molecule has 3 rings (SSSR count). The van der Waals surface area contributed by atoms with Crippen LogP contribution in [0.2, 0.25) is 0 Å². The molecule has 1 fully saturated rings. The van der Waals surface area contributed by atoms with E-state index in [1.54, 1.807) is 30.3 Å². The molecular weight excluding hydrogens is 404 g/mol. The number of hydrogen-bond donors (Lipinski definition) is 1. The number of nitrogens with zero attached hydrogens (tertiary/aromatic N) is 1. The van der Waals surface area contributed by atoms with E-state index < -0.39 is 17.3 Å². The fourth-order valence-electron chi connectivity index (χ4n) is 4.48. The first-order valence-corrected chi connectivity index (χ1v) is 11.4. The zero-order valence-corrected chi connectivity index (χ0v) is 18.5. The zero-order valence-electron chi connectivity index (χ0n) is 17.6. The molecule has 2 heterocycles. The Kier molecular flexibility index (Phi) is 7.66. The molecule has 2 aliphatic rings. The van der Waals surface area contributed by atoms with Gasteiger partial charge in [-0.3, -0.25) is 14.4 Å². The van der Waals surface area contributed by atoms with Gasteiger partial charge in [0.25, 0.3) is 0 Å². The average Bonchev–Trinajstić information content (AvgIpc) is 3.34. The number of esters is 1. The number of allylic oxidation sites excluding steroid dienone is 1. The highest BCUT2D eigenvalue weighted by molar-refractivity contribution is 7.09. The third-order valence-corrected chi connectivity index (χ3v) is 6.70. The molecule has 1 aromatic heterocycles. The van der Waals surface area contributed by atoms with Gasteiger partial charge < -0.3 is 19.7 Å². The van der Waals surface area contributed by atoms with Gasteiger partial charge in [0.1, 0.15) is 5.41 Å². The molecule has 0 bridgehead atoms. The van der Waals surface area contributed by atoms with Gasteiger partial charge in [-0.25, -0.2) is 0 Å². The standard InChI is InChI=1S/C22H30N2O5S/c1-3-29-21(27)22-10-5-4-9-18(22)24(11-7-12-28-2)20(26)17(22)14-19(25)23-15-16-8-6-13-30-16/h6,8-9,13,17H,3-5,7,10-12,14-15H2,1-2H3,(H,23,25)/t17-,22-/m0/s1. The molecule has 0 unspecified atom stereocenters. The smallest absolute Gasteiger partial charge is 0.318 e. The molecule has 1 N–H and O–H groups in total. The molecular formula is C22H30N2O5S. The van der Waals surface area contributed by atoms with E-state index in [1.807, 2.05) is 23.6 Å². The molecule has 2 atom stereocenters. The molecule has 0 saturated carbocycles. The van der Waals surface area contributed by atoms with Crippen molar-refractivity contribution in [1.82, 2.24) is 10.2 Å². The minimum Gasteiger partial charge on any atom is -0.465 e. The first-order valence-electron chi connectivity index (χ1n) is 10.5. The van der Waals surface area contributed by atoms with E-state index >= 15 is 0 Å². The molecule has 0 radical (unpaired) electrons. The molecule has 0 spiro atoms. The van der Waals surface area contributed by atoms with Crippen LogP contribution in [-0.2, 0) is 30.4 Å². The normalized spacial score (nSPS) is 23.1. The molecule has 1 aliphatic carbocycles. The minimum atomic E-state index is -1.07. The lowest BCUT2D eigenvalue weighted by molar-refractivity contribution is -0.158. The Morgan fingerprint density at radius 3 is 2.93 bits per heavy atom. The Bertz CT molecular complexity index is 791. The van der Waals surface area contributed by atoms with Crippen molar-refractivity contribution in [1.29, 1.82) is 0 Å². The highest BCUT2D eigenvalue weighted by Crippen LogP contribution is 2.53. The van der Waals surface area contributed by atoms with Crippen LogP contribution in [0.15, 0.2) is 29.3 Å². The van der Waals surface area contributed by atoms with Gasteiger partial charge in [-0.2, -0.15) is 0 Å². The fraction of sp³-hybridized carbons (Fsp3) is 0.591. The Labute approximate surface area is 181 Å². The number of carbonyl (C=O) groups excluding carboxylic acids is 3. The van der Waals surface area contributed by atoms with E-state index in [0.717, 1.165) is 17.7 Å². The number of fused-ring (bicyclic) bond motifs is 1. The number of ether oxygens (including phenoxy) is 2. The second kappa shape index (κ2) is 10.2. The van der Waals surface area contributed by atoms with E-state index in [0.29, 0.717) is 38.2 Å². The van der Waals surface area contributed by atoms with Crippen LogP contribution in [0.3, 0.4) is 0 Å². The maximum absolute atomic E-state index is 13.4. The topological polar surface area (TPSA) is 84.9 Å². The van der Waals surface area contributed by atoms with Crippen molar-refractivity contribution in [2.24, 2.45) is 11.3 Å². The molecule has 1 saturated heterocycles. The van der Waals surface area contributed by atoms with Crippen molar-refractivity contribution < 1.29 is 23.9 Å². The van der Waals surface area contributed by atoms with Gasteiger partial charge in [0.15, 0.2) is 0 Å². The second-order valence-electron chi connectivity index (χ2n) is 7.62. The molecule has 0 aromatic carbocycles. The number of rotatable bonds is 10. The lowest BCUT2D eigenvalue weighted by Gasteiger charge is -2.35. The Hall–Kier alpha value is -2.19. The molecule has 7 nitrogen and oxygen atoms in total. The first-order chi connectivity index (χ1) is 14.5. The monoisotopic (exact) mass is 434 g/mol. The fourth-order valence-corrected chi connectivity index (χ4v) is 5.12. The van der Waals surface area contributed by atoms with Crippen molar-refractivity contribution in [3.05, 3.63) is 34.2 Å². The van der Waals surface area contributed by atoms with Gasteiger partial charge in [0.2, 0.25) is 11.8 Å². The molecule has 2 amide bonds. The molecule has 1 aliphatic heterocycles. The van der Waals surface area contributed by atoms with Gasteiger partial charge in [-0.05, 0) is 44.1 Å². The van der Waals surface area contributed by atoms with Gasteiger partial charge in [0.05, 0.1) is 19.1 Å². The van der Waals surface area contributed by atoms with Crippen LogP contribution in [0.1, 0.15) is 43.9 Å². The van der Waals surface area contributed by atoms with Crippen LogP contribution in [0.5, 0.6) is 0 Å². The third kappa shape index (κ3) is 4.44. The Morgan fingerprint density at radius 1 is 1.40 bits per heavy atom. The quantitative estimate of drug-likeness (QED) is 0.452. The van der Waals surface area contributed by atoms with Crippen LogP contribution in [0.4, 0.5) is 0 Å². The number of nitrogens with one attached hydrogen (secondary N) is 1. The number of amides is 2. The van der Waals surface area contributed by atoms with Crippen LogP contribution in [0.25, 0.3) is 0 Å². The summed E-state index contributed by atoms with van der Waals surface area (Å²) in [5.74, 6) is -1.53. The summed E-state index contributed by atoms with van der Waals surface area (Å²) >= 11 is 1.56. The molecule has 8 heteroatoms. The second-order valence-corrected chi connectivity index (χ2v) is 8.65. The summed E-state index contributed by atoms with van der Waals surface area (Å²) in [5.41, 5.74) is -0.358. The number of carbonyl (C=O) groups is 3. The van der Waals surface area contributed by atoms with E-state index in [-0.39, 0.29) is 24.8 Å². The summed E-state index contributed by atoms with van der Waals surface area (Å²) in [4.78, 5) is 42.0. The van der Waals surface area contributed by atoms with Crippen LogP contribution < -0.4 is 5.32 Å². The SMILES string of the molecule is CCOC(=O)[C@]12CCCC=C1N(CCCOC)C(=O)[C@@H]2CC(=O)NCc1cccs1. The number of thiophene rings is 1. The Morgan fingerprint density at radius 2 is 2.23 bits per heavy atom. The lowest BCUT2D eigenvalue weighted by Crippen LogP contribution is -2.43. The van der Waals surface area contributed by atoms with Gasteiger partial charge >= 0.3 is 5.97 Å². The van der Waals surface area contributed by atoms with E-state index in [9.17, 15) is 14.4 Å². The van der Waals surface area contributed by atoms with Crippen LogP contribution >= 0.6 is 11.3 Å².